The second kappa shape index (κ2) is 3.72. The van der Waals surface area contributed by atoms with Crippen molar-refractivity contribution in [2.24, 2.45) is 0 Å². The Kier molecular flexibility index (Phi) is 2.87. The van der Waals surface area contributed by atoms with Crippen LogP contribution in [0.25, 0.3) is 0 Å². The summed E-state index contributed by atoms with van der Waals surface area (Å²) in [6.45, 7) is 1.91. The second-order valence-electron chi connectivity index (χ2n) is 2.51. The molecule has 0 atom stereocenters. The molecular weight excluding hydrogens is 218 g/mol. The summed E-state index contributed by atoms with van der Waals surface area (Å²) in [4.78, 5) is 11.3. The largest absolute Gasteiger partial charge is 0.355 e. The predicted octanol–water partition coefficient (Wildman–Crippen LogP) is 2.12. The molecule has 1 rings (SSSR count). The van der Waals surface area contributed by atoms with Gasteiger partial charge in [0.05, 0.1) is 5.56 Å². The highest BCUT2D eigenvalue weighted by Gasteiger charge is 2.09. The zero-order valence-corrected chi connectivity index (χ0v) is 8.60. The first-order valence-electron chi connectivity index (χ1n) is 3.64. The van der Waals surface area contributed by atoms with Crippen molar-refractivity contribution in [2.45, 2.75) is 6.92 Å². The van der Waals surface area contributed by atoms with E-state index in [9.17, 15) is 4.79 Å². The lowest BCUT2D eigenvalue weighted by Gasteiger charge is -2.05. The van der Waals surface area contributed by atoms with Gasteiger partial charge in [0, 0.05) is 11.5 Å². The number of carbonyl (C=O) groups excluding carboxylic acids is 1. The molecule has 0 radical (unpaired) electrons. The Morgan fingerprint density at radius 3 is 2.67 bits per heavy atom. The number of hydrogen-bond acceptors (Lipinski definition) is 1. The fourth-order valence-electron chi connectivity index (χ4n) is 1.04. The SMILES string of the molecule is CNC(=O)c1c(C)cccc1Br. The predicted molar refractivity (Wildman–Crippen MR) is 52.3 cm³/mol. The van der Waals surface area contributed by atoms with Gasteiger partial charge in [-0.05, 0) is 34.5 Å². The summed E-state index contributed by atoms with van der Waals surface area (Å²) in [5.74, 6) is -0.0556. The highest BCUT2D eigenvalue weighted by atomic mass is 79.9. The number of hydrogen-bond donors (Lipinski definition) is 1. The van der Waals surface area contributed by atoms with E-state index in [1.807, 2.05) is 25.1 Å². The number of rotatable bonds is 1. The van der Waals surface area contributed by atoms with Crippen molar-refractivity contribution in [3.63, 3.8) is 0 Å². The number of aryl methyl sites for hydroxylation is 1. The molecule has 0 heterocycles. The Labute approximate surface area is 80.1 Å². The monoisotopic (exact) mass is 227 g/mol. The van der Waals surface area contributed by atoms with E-state index in [1.165, 1.54) is 0 Å². The topological polar surface area (TPSA) is 29.1 Å². The molecule has 0 spiro atoms. The van der Waals surface area contributed by atoms with Gasteiger partial charge < -0.3 is 5.32 Å². The number of carbonyl (C=O) groups is 1. The second-order valence-corrected chi connectivity index (χ2v) is 3.37. The van der Waals surface area contributed by atoms with Crippen LogP contribution in [-0.4, -0.2) is 13.0 Å². The molecule has 2 nitrogen and oxygen atoms in total. The van der Waals surface area contributed by atoms with Crippen LogP contribution in [0.2, 0.25) is 0 Å². The normalized spacial score (nSPS) is 9.58. The summed E-state index contributed by atoms with van der Waals surface area (Å²) in [7, 11) is 1.63. The van der Waals surface area contributed by atoms with Crippen LogP contribution in [-0.2, 0) is 0 Å². The van der Waals surface area contributed by atoms with E-state index in [4.69, 9.17) is 0 Å². The molecule has 0 unspecified atom stereocenters. The minimum Gasteiger partial charge on any atom is -0.355 e. The van der Waals surface area contributed by atoms with Gasteiger partial charge in [-0.25, -0.2) is 0 Å². The molecule has 1 aromatic rings. The lowest BCUT2D eigenvalue weighted by Crippen LogP contribution is -2.19. The average Bonchev–Trinajstić information content (AvgIpc) is 2.03. The molecular formula is C9H10BrNO. The smallest absolute Gasteiger partial charge is 0.252 e. The van der Waals surface area contributed by atoms with Crippen molar-refractivity contribution < 1.29 is 4.79 Å². The number of benzene rings is 1. The van der Waals surface area contributed by atoms with E-state index < -0.39 is 0 Å². The van der Waals surface area contributed by atoms with Crippen molar-refractivity contribution >= 4 is 21.8 Å². The summed E-state index contributed by atoms with van der Waals surface area (Å²) in [5, 5.41) is 2.59. The Hall–Kier alpha value is -0.830. The minimum absolute atomic E-state index is 0.0556. The summed E-state index contributed by atoms with van der Waals surface area (Å²) >= 11 is 3.33. The van der Waals surface area contributed by atoms with Crippen LogP contribution in [0.1, 0.15) is 15.9 Å². The van der Waals surface area contributed by atoms with Crippen molar-refractivity contribution in [1.82, 2.24) is 5.32 Å². The lowest BCUT2D eigenvalue weighted by molar-refractivity contribution is 0.0961. The summed E-state index contributed by atoms with van der Waals surface area (Å²) in [5.41, 5.74) is 1.68. The average molecular weight is 228 g/mol. The van der Waals surface area contributed by atoms with Gasteiger partial charge in [-0.1, -0.05) is 12.1 Å². The van der Waals surface area contributed by atoms with Crippen LogP contribution in [0.3, 0.4) is 0 Å². The van der Waals surface area contributed by atoms with Crippen LogP contribution in [0, 0.1) is 6.92 Å². The van der Waals surface area contributed by atoms with E-state index in [-0.39, 0.29) is 5.91 Å². The molecule has 0 aliphatic rings. The maximum absolute atomic E-state index is 11.3. The fourth-order valence-corrected chi connectivity index (χ4v) is 1.69. The van der Waals surface area contributed by atoms with Crippen LogP contribution in [0.5, 0.6) is 0 Å². The first-order chi connectivity index (χ1) is 5.66. The molecule has 1 N–H and O–H groups in total. The summed E-state index contributed by atoms with van der Waals surface area (Å²) in [6, 6.07) is 5.68. The van der Waals surface area contributed by atoms with Gasteiger partial charge in [-0.15, -0.1) is 0 Å². The van der Waals surface area contributed by atoms with E-state index in [2.05, 4.69) is 21.2 Å². The Balaban J connectivity index is 3.21. The van der Waals surface area contributed by atoms with Gasteiger partial charge in [0.25, 0.3) is 5.91 Å². The molecule has 1 amide bonds. The Morgan fingerprint density at radius 2 is 2.17 bits per heavy atom. The maximum Gasteiger partial charge on any atom is 0.252 e. The molecule has 0 aliphatic heterocycles. The first kappa shape index (κ1) is 9.26. The number of amides is 1. The third-order valence-electron chi connectivity index (χ3n) is 1.68. The fraction of sp³-hybridized carbons (Fsp3) is 0.222. The molecule has 0 bridgehead atoms. The van der Waals surface area contributed by atoms with Crippen LogP contribution < -0.4 is 5.32 Å². The Bertz CT molecular complexity index is 289. The standard InChI is InChI=1S/C9H10BrNO/c1-6-4-3-5-7(10)8(6)9(12)11-2/h3-5H,1-2H3,(H,11,12). The van der Waals surface area contributed by atoms with Crippen molar-refractivity contribution in [2.75, 3.05) is 7.05 Å². The molecule has 64 valence electrons. The zero-order chi connectivity index (χ0) is 9.14. The molecule has 0 fully saturated rings. The number of nitrogens with one attached hydrogen (secondary N) is 1. The molecule has 1 aromatic carbocycles. The van der Waals surface area contributed by atoms with Gasteiger partial charge in [-0.2, -0.15) is 0 Å². The van der Waals surface area contributed by atoms with Gasteiger partial charge in [0.1, 0.15) is 0 Å². The van der Waals surface area contributed by atoms with Crippen molar-refractivity contribution in [3.05, 3.63) is 33.8 Å². The highest BCUT2D eigenvalue weighted by molar-refractivity contribution is 9.10. The van der Waals surface area contributed by atoms with E-state index in [1.54, 1.807) is 7.05 Å². The molecule has 0 saturated carbocycles. The molecule has 3 heteroatoms. The van der Waals surface area contributed by atoms with E-state index in [0.29, 0.717) is 5.56 Å². The Morgan fingerprint density at radius 1 is 1.50 bits per heavy atom. The molecule has 0 aliphatic carbocycles. The highest BCUT2D eigenvalue weighted by Crippen LogP contribution is 2.19. The van der Waals surface area contributed by atoms with Gasteiger partial charge in [0.15, 0.2) is 0 Å². The summed E-state index contributed by atoms with van der Waals surface area (Å²) in [6.07, 6.45) is 0. The lowest BCUT2D eigenvalue weighted by atomic mass is 10.1. The van der Waals surface area contributed by atoms with E-state index >= 15 is 0 Å². The first-order valence-corrected chi connectivity index (χ1v) is 4.43. The van der Waals surface area contributed by atoms with Gasteiger partial charge in [-0.3, -0.25) is 4.79 Å². The van der Waals surface area contributed by atoms with E-state index in [0.717, 1.165) is 10.0 Å². The minimum atomic E-state index is -0.0556. The van der Waals surface area contributed by atoms with Crippen LogP contribution >= 0.6 is 15.9 Å². The quantitative estimate of drug-likeness (QED) is 0.783. The van der Waals surface area contributed by atoms with Crippen molar-refractivity contribution in [3.8, 4) is 0 Å². The summed E-state index contributed by atoms with van der Waals surface area (Å²) < 4.78 is 0.835. The van der Waals surface area contributed by atoms with Gasteiger partial charge >= 0.3 is 0 Å². The molecule has 0 saturated heterocycles. The van der Waals surface area contributed by atoms with Crippen LogP contribution in [0.15, 0.2) is 22.7 Å². The maximum atomic E-state index is 11.3. The molecule has 12 heavy (non-hydrogen) atoms. The van der Waals surface area contributed by atoms with Crippen LogP contribution in [0.4, 0.5) is 0 Å². The van der Waals surface area contributed by atoms with Crippen molar-refractivity contribution in [1.29, 1.82) is 0 Å². The zero-order valence-electron chi connectivity index (χ0n) is 7.02. The van der Waals surface area contributed by atoms with Gasteiger partial charge in [0.2, 0.25) is 0 Å². The molecule has 0 aromatic heterocycles. The third-order valence-corrected chi connectivity index (χ3v) is 2.34. The third kappa shape index (κ3) is 1.67. The number of halogens is 1.